The molecule has 0 bridgehead atoms. The van der Waals surface area contributed by atoms with Gasteiger partial charge in [0.2, 0.25) is 5.78 Å². The fourth-order valence-electron chi connectivity index (χ4n) is 5.84. The molecule has 46 heavy (non-hydrogen) atoms. The average Bonchev–Trinajstić information content (AvgIpc) is 2.95. The van der Waals surface area contributed by atoms with Gasteiger partial charge in [0.15, 0.2) is 11.5 Å². The van der Waals surface area contributed by atoms with Crippen LogP contribution in [0.4, 0.5) is 22.7 Å². The first-order valence-electron chi connectivity index (χ1n) is 13.2. The molecular weight excluding hydrogens is 686 g/mol. The third-order valence-electron chi connectivity index (χ3n) is 7.94. The molecule has 2 N–H and O–H groups in total. The van der Waals surface area contributed by atoms with Gasteiger partial charge in [0.25, 0.3) is 5.75 Å². The minimum Gasteiger partial charge on any atom is -0.505 e. The molecule has 0 fully saturated rings. The lowest BCUT2D eigenvalue weighted by atomic mass is 9.70. The van der Waals surface area contributed by atoms with Crippen LogP contribution >= 0.6 is 46.4 Å². The summed E-state index contributed by atoms with van der Waals surface area (Å²) in [6.07, 6.45) is 5.98. The summed E-state index contributed by atoms with van der Waals surface area (Å²) in [5.74, 6) is -1.98. The zero-order valence-corrected chi connectivity index (χ0v) is 27.1. The van der Waals surface area contributed by atoms with E-state index in [1.54, 1.807) is 18.2 Å². The van der Waals surface area contributed by atoms with Crippen molar-refractivity contribution in [3.63, 3.8) is 0 Å². The van der Waals surface area contributed by atoms with Gasteiger partial charge >= 0.3 is 11.4 Å². The van der Waals surface area contributed by atoms with Crippen molar-refractivity contribution in [1.82, 2.24) is 0 Å². The number of nitro groups is 2. The van der Waals surface area contributed by atoms with Gasteiger partial charge in [-0.1, -0.05) is 74.1 Å². The lowest BCUT2D eigenvalue weighted by molar-refractivity contribution is -0.396. The molecule has 2 aliphatic heterocycles. The van der Waals surface area contributed by atoms with E-state index in [-0.39, 0.29) is 54.2 Å². The smallest absolute Gasteiger partial charge is 0.324 e. The monoisotopic (exact) mass is 704 g/mol. The van der Waals surface area contributed by atoms with Gasteiger partial charge in [-0.3, -0.25) is 29.8 Å². The molecule has 2 aliphatic carbocycles. The van der Waals surface area contributed by atoms with Crippen LogP contribution in [0.25, 0.3) is 0 Å². The van der Waals surface area contributed by atoms with Crippen LogP contribution in [0.2, 0.25) is 10.0 Å². The van der Waals surface area contributed by atoms with Gasteiger partial charge in [0, 0.05) is 28.0 Å². The highest BCUT2D eigenvalue weighted by atomic mass is 35.5. The summed E-state index contributed by atoms with van der Waals surface area (Å²) in [7, 11) is 0. The van der Waals surface area contributed by atoms with E-state index in [4.69, 9.17) is 46.4 Å². The number of hydrogen-bond donors (Lipinski definition) is 2. The fraction of sp³-hybridized carbons (Fsp3) is 0.200. The Kier molecular flexibility index (Phi) is 8.01. The number of benzene rings is 2. The van der Waals surface area contributed by atoms with Crippen molar-refractivity contribution in [2.24, 2.45) is 9.98 Å². The molecule has 2 aromatic carbocycles. The Morgan fingerprint density at radius 3 is 2.00 bits per heavy atom. The number of aliphatic imine (C=N–C) groups is 2. The summed E-state index contributed by atoms with van der Waals surface area (Å²) in [4.78, 5) is 53.2. The van der Waals surface area contributed by atoms with Crippen LogP contribution in [0, 0.1) is 20.2 Å². The number of carbonyl (C=O) groups is 2. The number of aromatic hydroxyl groups is 2. The van der Waals surface area contributed by atoms with Gasteiger partial charge < -0.3 is 10.2 Å². The van der Waals surface area contributed by atoms with Gasteiger partial charge in [-0.2, -0.15) is 0 Å². The Bertz CT molecular complexity index is 2050. The molecule has 0 spiro atoms. The van der Waals surface area contributed by atoms with E-state index in [1.807, 2.05) is 13.8 Å². The van der Waals surface area contributed by atoms with E-state index in [0.29, 0.717) is 11.3 Å². The van der Waals surface area contributed by atoms with E-state index >= 15 is 0 Å². The Morgan fingerprint density at radius 2 is 1.39 bits per heavy atom. The minimum absolute atomic E-state index is 0.0789. The maximum Gasteiger partial charge on any atom is 0.324 e. The Labute approximate surface area is 280 Å². The lowest BCUT2D eigenvalue weighted by Crippen LogP contribution is -2.33. The lowest BCUT2D eigenvalue weighted by Gasteiger charge is -2.35. The molecule has 0 radical (unpaired) electrons. The van der Waals surface area contributed by atoms with Gasteiger partial charge in [0.05, 0.1) is 58.3 Å². The van der Waals surface area contributed by atoms with E-state index in [9.17, 15) is 40.0 Å². The summed E-state index contributed by atoms with van der Waals surface area (Å²) in [6, 6.07) is 2.53. The Balaban J connectivity index is 0.000000187. The predicted molar refractivity (Wildman–Crippen MR) is 174 cm³/mol. The molecule has 2 heterocycles. The minimum atomic E-state index is -1.25. The Morgan fingerprint density at radius 1 is 0.783 bits per heavy atom. The number of phenols is 2. The number of rotatable bonds is 2. The molecular formula is C30H20Cl4N4O8. The van der Waals surface area contributed by atoms with Crippen molar-refractivity contribution < 1.29 is 29.6 Å². The van der Waals surface area contributed by atoms with E-state index in [1.165, 1.54) is 26.0 Å². The number of fused-ring (bicyclic) bond motifs is 4. The second kappa shape index (κ2) is 11.2. The predicted octanol–water partition coefficient (Wildman–Crippen LogP) is 7.90. The van der Waals surface area contributed by atoms with Crippen LogP contribution in [-0.4, -0.2) is 43.0 Å². The number of allylic oxidation sites excluding steroid dienone is 8. The number of ketones is 2. The third-order valence-corrected chi connectivity index (χ3v) is 9.24. The molecule has 12 nitrogen and oxygen atoms in total. The highest BCUT2D eigenvalue weighted by Crippen LogP contribution is 2.55. The van der Waals surface area contributed by atoms with Crippen molar-refractivity contribution in [3.05, 3.63) is 99.0 Å². The number of Topliss-reactive ketones (excluding diaryl/α,β-unsaturated/α-hetero) is 1. The normalized spacial score (nSPS) is 18.4. The first-order valence-corrected chi connectivity index (χ1v) is 14.7. The van der Waals surface area contributed by atoms with Gasteiger partial charge in [-0.25, -0.2) is 9.98 Å². The van der Waals surface area contributed by atoms with Crippen LogP contribution in [-0.2, 0) is 20.4 Å². The summed E-state index contributed by atoms with van der Waals surface area (Å²) < 4.78 is 0. The second-order valence-electron chi connectivity index (χ2n) is 11.5. The highest BCUT2D eigenvalue weighted by Gasteiger charge is 2.47. The van der Waals surface area contributed by atoms with Crippen LogP contribution in [0.1, 0.15) is 38.8 Å². The van der Waals surface area contributed by atoms with Crippen LogP contribution in [0.3, 0.4) is 0 Å². The van der Waals surface area contributed by atoms with Crippen molar-refractivity contribution >= 4 is 92.1 Å². The Hall–Kier alpha value is -4.36. The molecule has 2 aromatic rings. The standard InChI is InChI=1S/C15H9Cl2N3O6.C15H11Cl2NO2/c1-15(2)9-6(3-5(16)13(21)11(9)17)18-7-4-8(19(23)24)14(22)12(10(7)15)20(25)26;1-15(2)8-5-7(19)3-4-10(8)18-11-6-9(16)14(20)13(17)12(11)15/h3-4,22H,1-2H3;3-6,20H,1-2H3. The van der Waals surface area contributed by atoms with Gasteiger partial charge in [0.1, 0.15) is 0 Å². The maximum absolute atomic E-state index is 12.1. The van der Waals surface area contributed by atoms with Gasteiger partial charge in [-0.15, -0.1) is 0 Å². The largest absolute Gasteiger partial charge is 0.505 e. The first kappa shape index (κ1) is 33.0. The van der Waals surface area contributed by atoms with Crippen molar-refractivity contribution in [2.45, 2.75) is 38.5 Å². The summed E-state index contributed by atoms with van der Waals surface area (Å²) in [5, 5.41) is 42.6. The van der Waals surface area contributed by atoms with Crippen molar-refractivity contribution in [1.29, 1.82) is 0 Å². The highest BCUT2D eigenvalue weighted by molar-refractivity contribution is 6.58. The molecule has 0 saturated heterocycles. The number of nitro benzene ring substituents is 2. The number of hydrogen-bond acceptors (Lipinski definition) is 10. The zero-order chi connectivity index (χ0) is 34.2. The quantitative estimate of drug-likeness (QED) is 0.179. The first-order chi connectivity index (χ1) is 21.3. The summed E-state index contributed by atoms with van der Waals surface area (Å²) >= 11 is 24.2. The van der Waals surface area contributed by atoms with E-state index in [2.05, 4.69) is 9.98 Å². The number of nitrogens with zero attached hydrogens (tertiary/aromatic N) is 4. The van der Waals surface area contributed by atoms with Gasteiger partial charge in [-0.05, 0) is 35.9 Å². The number of halogens is 4. The number of phenolic OH excluding ortho intramolecular Hbond substituents is 2. The van der Waals surface area contributed by atoms with Crippen LogP contribution in [0.5, 0.6) is 11.5 Å². The average molecular weight is 706 g/mol. The van der Waals surface area contributed by atoms with Crippen molar-refractivity contribution in [2.75, 3.05) is 0 Å². The molecule has 6 rings (SSSR count). The molecule has 0 unspecified atom stereocenters. The molecule has 16 heteroatoms. The molecule has 0 saturated carbocycles. The van der Waals surface area contributed by atoms with Crippen LogP contribution < -0.4 is 0 Å². The molecule has 236 valence electrons. The van der Waals surface area contributed by atoms with Crippen LogP contribution in [0.15, 0.2) is 67.6 Å². The molecule has 0 atom stereocenters. The molecule has 4 aliphatic rings. The van der Waals surface area contributed by atoms with E-state index < -0.39 is 43.6 Å². The number of carbonyl (C=O) groups excluding carboxylic acids is 2. The third kappa shape index (κ3) is 5.01. The zero-order valence-electron chi connectivity index (χ0n) is 24.1. The molecule has 0 aromatic heterocycles. The summed E-state index contributed by atoms with van der Waals surface area (Å²) in [6.45, 7) is 6.96. The topological polar surface area (TPSA) is 186 Å². The SMILES string of the molecule is CC1(C)C2=C(Cl)C(=O)C(Cl)=CC2=Nc2cc([N+](=O)[O-])c(O)c([N+](=O)[O-])c21.CC1(C)C2=CC(=O)C=CC2=Nc2cc(Cl)c(O)c(Cl)c21. The summed E-state index contributed by atoms with van der Waals surface area (Å²) in [5.41, 5.74) is -0.471. The fourth-order valence-corrected chi connectivity index (χ4v) is 7.20. The maximum atomic E-state index is 12.1. The molecule has 0 amide bonds. The van der Waals surface area contributed by atoms with Crippen molar-refractivity contribution in [3.8, 4) is 11.5 Å². The van der Waals surface area contributed by atoms with E-state index in [0.717, 1.165) is 17.4 Å². The second-order valence-corrected chi connectivity index (χ2v) is 13.0.